The van der Waals surface area contributed by atoms with Gasteiger partial charge in [0.05, 0.1) is 13.7 Å². The molecule has 138 valence electrons. The predicted molar refractivity (Wildman–Crippen MR) is 110 cm³/mol. The fourth-order valence-electron chi connectivity index (χ4n) is 3.62. The summed E-state index contributed by atoms with van der Waals surface area (Å²) in [4.78, 5) is 2.48. The van der Waals surface area contributed by atoms with Crippen LogP contribution in [0.25, 0.3) is 22.1 Å². The Kier molecular flexibility index (Phi) is 6.13. The van der Waals surface area contributed by atoms with Crippen LogP contribution in [0.3, 0.4) is 0 Å². The molecule has 1 aromatic heterocycles. The smallest absolute Gasteiger partial charge is 0.138 e. The van der Waals surface area contributed by atoms with Crippen LogP contribution in [0.2, 0.25) is 5.02 Å². The first-order valence-corrected chi connectivity index (χ1v) is 9.20. The van der Waals surface area contributed by atoms with E-state index in [9.17, 15) is 0 Å². The summed E-state index contributed by atoms with van der Waals surface area (Å²) in [5.74, 6) is 1.83. The second-order valence-electron chi connectivity index (χ2n) is 6.61. The van der Waals surface area contributed by atoms with E-state index in [1.807, 2.05) is 24.3 Å². The fraction of sp³-hybridized carbons (Fsp3) is 0.333. The molecule has 2 aromatic carbocycles. The molecule has 0 unspecified atom stereocenters. The van der Waals surface area contributed by atoms with E-state index < -0.39 is 0 Å². The summed E-state index contributed by atoms with van der Waals surface area (Å²) >= 11 is 6.08. The summed E-state index contributed by atoms with van der Waals surface area (Å²) < 4.78 is 11.6. The average Bonchev–Trinajstić information content (AvgIpc) is 3.00. The van der Waals surface area contributed by atoms with E-state index in [2.05, 4.69) is 23.1 Å². The molecule has 0 bridgehead atoms. The van der Waals surface area contributed by atoms with Gasteiger partial charge in [-0.25, -0.2) is 0 Å². The average molecular weight is 392 g/mol. The summed E-state index contributed by atoms with van der Waals surface area (Å²) in [7, 11) is 1.68. The van der Waals surface area contributed by atoms with Crippen molar-refractivity contribution in [3.8, 4) is 16.9 Å². The normalized spacial score (nSPS) is 15.0. The van der Waals surface area contributed by atoms with Crippen molar-refractivity contribution < 1.29 is 9.15 Å². The lowest BCUT2D eigenvalue weighted by Gasteiger charge is -2.25. The maximum Gasteiger partial charge on any atom is 0.138 e. The third kappa shape index (κ3) is 3.85. The first-order valence-electron chi connectivity index (χ1n) is 8.82. The lowest BCUT2D eigenvalue weighted by molar-refractivity contribution is 0.207. The summed E-state index contributed by atoms with van der Waals surface area (Å²) in [6, 6.07) is 14.0. The molecule has 1 saturated heterocycles. The standard InChI is InChI=1S/C21H22ClNO2.ClH/c1-24-17-9-10-18-19(13-17)25-20(14-23-11-3-2-4-12-23)21(18)15-5-7-16(22)8-6-15;/h5-10,13H,2-4,11-12,14H2,1H3;1H. The summed E-state index contributed by atoms with van der Waals surface area (Å²) in [6.07, 6.45) is 3.87. The number of hydrogen-bond donors (Lipinski definition) is 0. The molecule has 0 spiro atoms. The zero-order chi connectivity index (χ0) is 17.2. The number of methoxy groups -OCH3 is 1. The molecule has 0 radical (unpaired) electrons. The number of benzene rings is 2. The van der Waals surface area contributed by atoms with E-state index in [0.29, 0.717) is 0 Å². The monoisotopic (exact) mass is 391 g/mol. The van der Waals surface area contributed by atoms with Gasteiger partial charge in [-0.2, -0.15) is 0 Å². The highest BCUT2D eigenvalue weighted by Crippen LogP contribution is 2.37. The lowest BCUT2D eigenvalue weighted by Crippen LogP contribution is -2.29. The third-order valence-corrected chi connectivity index (χ3v) is 5.17. The van der Waals surface area contributed by atoms with E-state index in [1.54, 1.807) is 7.11 Å². The minimum atomic E-state index is 0. The number of furan rings is 1. The van der Waals surface area contributed by atoms with Crippen LogP contribution < -0.4 is 4.74 Å². The van der Waals surface area contributed by atoms with Crippen LogP contribution in [0.15, 0.2) is 46.9 Å². The van der Waals surface area contributed by atoms with E-state index in [4.69, 9.17) is 20.8 Å². The number of likely N-dealkylation sites (tertiary alicyclic amines) is 1. The number of fused-ring (bicyclic) bond motifs is 1. The van der Waals surface area contributed by atoms with E-state index in [1.165, 1.54) is 24.8 Å². The summed E-state index contributed by atoms with van der Waals surface area (Å²) in [5, 5.41) is 1.87. The SMILES string of the molecule is COc1ccc2c(-c3ccc(Cl)cc3)c(CN3CCCCC3)oc2c1.Cl. The lowest BCUT2D eigenvalue weighted by atomic mass is 10.0. The maximum absolute atomic E-state index is 6.27. The van der Waals surface area contributed by atoms with Crippen LogP contribution in [0, 0.1) is 0 Å². The molecule has 0 saturated carbocycles. The molecular formula is C21H23Cl2NO2. The van der Waals surface area contributed by atoms with Crippen molar-refractivity contribution in [3.63, 3.8) is 0 Å². The Morgan fingerprint density at radius 2 is 1.77 bits per heavy atom. The zero-order valence-electron chi connectivity index (χ0n) is 14.8. The number of halogens is 2. The highest BCUT2D eigenvalue weighted by atomic mass is 35.5. The fourth-order valence-corrected chi connectivity index (χ4v) is 3.75. The van der Waals surface area contributed by atoms with Crippen LogP contribution in [0.5, 0.6) is 5.75 Å². The Hall–Kier alpha value is -1.68. The van der Waals surface area contributed by atoms with E-state index in [0.717, 1.165) is 52.7 Å². The Morgan fingerprint density at radius 1 is 1.04 bits per heavy atom. The summed E-state index contributed by atoms with van der Waals surface area (Å²) in [5.41, 5.74) is 3.18. The van der Waals surface area contributed by atoms with Crippen LogP contribution in [-0.4, -0.2) is 25.1 Å². The topological polar surface area (TPSA) is 25.6 Å². The van der Waals surface area contributed by atoms with Crippen LogP contribution in [0.4, 0.5) is 0 Å². The molecule has 1 fully saturated rings. The van der Waals surface area contributed by atoms with Gasteiger partial charge in [0.1, 0.15) is 17.1 Å². The molecule has 1 aliphatic rings. The van der Waals surface area contributed by atoms with Gasteiger partial charge in [0.25, 0.3) is 0 Å². The minimum Gasteiger partial charge on any atom is -0.497 e. The Balaban J connectivity index is 0.00000196. The minimum absolute atomic E-state index is 0. The highest BCUT2D eigenvalue weighted by molar-refractivity contribution is 6.30. The molecule has 26 heavy (non-hydrogen) atoms. The second kappa shape index (κ2) is 8.34. The van der Waals surface area contributed by atoms with Gasteiger partial charge in [0.15, 0.2) is 0 Å². The number of hydrogen-bond acceptors (Lipinski definition) is 3. The highest BCUT2D eigenvalue weighted by Gasteiger charge is 2.20. The van der Waals surface area contributed by atoms with Gasteiger partial charge < -0.3 is 9.15 Å². The molecule has 2 heterocycles. The number of nitrogens with zero attached hydrogens (tertiary/aromatic N) is 1. The number of ether oxygens (including phenoxy) is 1. The Bertz CT molecular complexity index is 868. The van der Waals surface area contributed by atoms with Crippen molar-refractivity contribution in [1.82, 2.24) is 4.90 Å². The number of piperidine rings is 1. The number of rotatable bonds is 4. The van der Waals surface area contributed by atoms with Crippen molar-refractivity contribution in [2.75, 3.05) is 20.2 Å². The van der Waals surface area contributed by atoms with Crippen molar-refractivity contribution in [1.29, 1.82) is 0 Å². The van der Waals surface area contributed by atoms with Crippen molar-refractivity contribution in [2.45, 2.75) is 25.8 Å². The molecule has 3 nitrogen and oxygen atoms in total. The molecule has 0 atom stereocenters. The van der Waals surface area contributed by atoms with Gasteiger partial charge in [-0.3, -0.25) is 4.90 Å². The molecule has 0 aliphatic carbocycles. The Labute approximate surface area is 165 Å². The molecule has 4 rings (SSSR count). The second-order valence-corrected chi connectivity index (χ2v) is 7.04. The van der Waals surface area contributed by atoms with Gasteiger partial charge in [-0.1, -0.05) is 30.2 Å². The van der Waals surface area contributed by atoms with Crippen LogP contribution in [0.1, 0.15) is 25.0 Å². The third-order valence-electron chi connectivity index (χ3n) is 4.92. The van der Waals surface area contributed by atoms with Crippen molar-refractivity contribution in [3.05, 3.63) is 53.2 Å². The molecule has 3 aromatic rings. The van der Waals surface area contributed by atoms with Gasteiger partial charge >= 0.3 is 0 Å². The van der Waals surface area contributed by atoms with E-state index >= 15 is 0 Å². The largest absolute Gasteiger partial charge is 0.497 e. The van der Waals surface area contributed by atoms with Crippen molar-refractivity contribution in [2.24, 2.45) is 0 Å². The van der Waals surface area contributed by atoms with Crippen LogP contribution in [-0.2, 0) is 6.54 Å². The van der Waals surface area contributed by atoms with Crippen molar-refractivity contribution >= 4 is 35.0 Å². The summed E-state index contributed by atoms with van der Waals surface area (Å²) in [6.45, 7) is 3.12. The van der Waals surface area contributed by atoms with Gasteiger partial charge in [0.2, 0.25) is 0 Å². The zero-order valence-corrected chi connectivity index (χ0v) is 16.4. The quantitative estimate of drug-likeness (QED) is 0.531. The molecule has 0 amide bonds. The first kappa shape index (κ1) is 19.1. The molecule has 5 heteroatoms. The first-order chi connectivity index (χ1) is 12.2. The Morgan fingerprint density at radius 3 is 2.46 bits per heavy atom. The maximum atomic E-state index is 6.27. The van der Waals surface area contributed by atoms with Crippen LogP contribution >= 0.6 is 24.0 Å². The van der Waals surface area contributed by atoms with Gasteiger partial charge in [-0.15, -0.1) is 12.4 Å². The molecule has 1 aliphatic heterocycles. The van der Waals surface area contributed by atoms with E-state index in [-0.39, 0.29) is 12.4 Å². The van der Waals surface area contributed by atoms with Gasteiger partial charge in [-0.05, 0) is 55.8 Å². The molecular weight excluding hydrogens is 369 g/mol. The van der Waals surface area contributed by atoms with Gasteiger partial charge in [0, 0.05) is 22.0 Å². The molecule has 0 N–H and O–H groups in total. The predicted octanol–water partition coefficient (Wildman–Crippen LogP) is 6.17.